The molecule has 3 aromatic carbocycles. The van der Waals surface area contributed by atoms with Crippen molar-refractivity contribution >= 4 is 58.2 Å². The van der Waals surface area contributed by atoms with E-state index in [0.29, 0.717) is 11.1 Å². The van der Waals surface area contributed by atoms with E-state index < -0.39 is 85.0 Å². The number of rotatable bonds is 19. The molecule has 6 amide bonds. The Morgan fingerprint density at radius 2 is 1.18 bits per heavy atom. The number of hydrogen-bond donors (Lipinski definition) is 8. The first-order valence-corrected chi connectivity index (χ1v) is 15.5. The summed E-state index contributed by atoms with van der Waals surface area (Å²) in [5, 5.41) is 32.0. The van der Waals surface area contributed by atoms with Crippen molar-refractivity contribution in [3.8, 4) is 0 Å². The summed E-state index contributed by atoms with van der Waals surface area (Å²) in [5.74, 6) is -7.79. The predicted octanol–water partition coefficient (Wildman–Crippen LogP) is -0.863. The fourth-order valence-electron chi connectivity index (χ4n) is 4.84. The van der Waals surface area contributed by atoms with Crippen molar-refractivity contribution in [3.05, 3.63) is 83.9 Å². The molecule has 0 aliphatic carbocycles. The van der Waals surface area contributed by atoms with Crippen molar-refractivity contribution < 1.29 is 48.6 Å². The second-order valence-electron chi connectivity index (χ2n) is 11.3. The summed E-state index contributed by atoms with van der Waals surface area (Å²) in [6, 6.07) is 17.2. The van der Waals surface area contributed by atoms with Crippen LogP contribution in [0.25, 0.3) is 10.8 Å². The van der Waals surface area contributed by atoms with Crippen LogP contribution in [0.3, 0.4) is 0 Å². The van der Waals surface area contributed by atoms with Crippen LogP contribution in [0.5, 0.6) is 0 Å². The van der Waals surface area contributed by atoms with Gasteiger partial charge in [-0.2, -0.15) is 0 Å². The summed E-state index contributed by atoms with van der Waals surface area (Å²) in [7, 11) is 0. The predicted molar refractivity (Wildman–Crippen MR) is 178 cm³/mol. The quantitative estimate of drug-likeness (QED) is 0.0771. The number of carbonyl (C=O) groups excluding carboxylic acids is 6. The third-order valence-electron chi connectivity index (χ3n) is 7.30. The van der Waals surface area contributed by atoms with Crippen LogP contribution in [0.15, 0.2) is 72.8 Å². The van der Waals surface area contributed by atoms with Crippen LogP contribution in [-0.2, 0) is 51.2 Å². The molecule has 0 aromatic heterocycles. The van der Waals surface area contributed by atoms with Crippen LogP contribution in [0, 0.1) is 0 Å². The Hall–Kier alpha value is -6.32. The fraction of sp³-hybridized carbons (Fsp3) is 0.294. The second-order valence-corrected chi connectivity index (χ2v) is 11.3. The smallest absolute Gasteiger partial charge is 0.326 e. The van der Waals surface area contributed by atoms with Gasteiger partial charge in [-0.3, -0.25) is 33.6 Å². The molecule has 3 atom stereocenters. The van der Waals surface area contributed by atoms with Gasteiger partial charge in [-0.25, -0.2) is 4.79 Å². The molecule has 0 unspecified atom stereocenters. The average Bonchev–Trinajstić information content (AvgIpc) is 3.07. The fourth-order valence-corrected chi connectivity index (χ4v) is 4.84. The Morgan fingerprint density at radius 1 is 0.620 bits per heavy atom. The Bertz CT molecular complexity index is 1730. The molecule has 0 saturated carbocycles. The van der Waals surface area contributed by atoms with Gasteiger partial charge in [-0.15, -0.1) is 0 Å². The minimum Gasteiger partial charge on any atom is -0.481 e. The molecule has 0 saturated heterocycles. The van der Waals surface area contributed by atoms with Gasteiger partial charge in [0.2, 0.25) is 35.4 Å². The Kier molecular flexibility index (Phi) is 14.4. The maximum absolute atomic E-state index is 12.9. The van der Waals surface area contributed by atoms with Gasteiger partial charge in [0.05, 0.1) is 25.9 Å². The highest BCUT2D eigenvalue weighted by Gasteiger charge is 2.27. The normalized spacial score (nSPS) is 12.4. The van der Waals surface area contributed by atoms with Gasteiger partial charge in [0.25, 0.3) is 0 Å². The first-order valence-electron chi connectivity index (χ1n) is 15.5. The van der Waals surface area contributed by atoms with E-state index >= 15 is 0 Å². The third kappa shape index (κ3) is 13.1. The molecule has 0 aliphatic rings. The van der Waals surface area contributed by atoms with E-state index in [0.717, 1.165) is 10.8 Å². The SMILES string of the molecule is NC(=O)CC[C@H](NC(=O)Cc1ccc2ccccc2c1)C(=O)NCC(=O)N[C@@H](CC(=O)O)C(=O)NCC(=O)N[C@@H](Cc1ccccc1)C(=O)O. The summed E-state index contributed by atoms with van der Waals surface area (Å²) in [5.41, 5.74) is 6.53. The van der Waals surface area contributed by atoms with E-state index in [4.69, 9.17) is 5.73 Å². The number of carboxylic acids is 2. The van der Waals surface area contributed by atoms with Crippen LogP contribution < -0.4 is 32.3 Å². The molecule has 16 heteroatoms. The van der Waals surface area contributed by atoms with E-state index in [1.807, 2.05) is 36.4 Å². The van der Waals surface area contributed by atoms with Crippen molar-refractivity contribution in [2.45, 2.75) is 50.2 Å². The minimum atomic E-state index is -1.67. The van der Waals surface area contributed by atoms with Crippen LogP contribution in [0.1, 0.15) is 30.4 Å². The lowest BCUT2D eigenvalue weighted by Gasteiger charge is -2.20. The van der Waals surface area contributed by atoms with Crippen molar-refractivity contribution in [1.82, 2.24) is 26.6 Å². The summed E-state index contributed by atoms with van der Waals surface area (Å²) in [6.07, 6.45) is -1.43. The topological polar surface area (TPSA) is 263 Å². The summed E-state index contributed by atoms with van der Waals surface area (Å²) in [6.45, 7) is -1.46. The summed E-state index contributed by atoms with van der Waals surface area (Å²) in [4.78, 5) is 97.9. The molecule has 0 bridgehead atoms. The zero-order valence-corrected chi connectivity index (χ0v) is 26.8. The zero-order valence-electron chi connectivity index (χ0n) is 26.8. The molecule has 0 fully saturated rings. The minimum absolute atomic E-state index is 0.0310. The van der Waals surface area contributed by atoms with Gasteiger partial charge in [-0.05, 0) is 28.3 Å². The number of nitrogens with two attached hydrogens (primary N) is 1. The standard InChI is InChI=1S/C34H38N6O10/c35-27(41)13-12-24(38-28(42)16-21-10-11-22-8-4-5-9-23(22)14-21)32(47)36-18-29(43)39-25(17-31(45)46)33(48)37-19-30(44)40-26(34(49)50)15-20-6-2-1-3-7-20/h1-11,14,24-26H,12-13,15-19H2,(H2,35,41)(H,36,47)(H,37,48)(H,38,42)(H,39,43)(H,40,44)(H,45,46)(H,49,50)/t24-,25-,26-/m0/s1. The maximum atomic E-state index is 12.9. The number of amides is 6. The Balaban J connectivity index is 1.53. The molecule has 0 radical (unpaired) electrons. The molecule has 50 heavy (non-hydrogen) atoms. The number of nitrogens with one attached hydrogen (secondary N) is 5. The van der Waals surface area contributed by atoms with E-state index in [1.165, 1.54) is 0 Å². The second kappa shape index (κ2) is 18.9. The summed E-state index contributed by atoms with van der Waals surface area (Å²) >= 11 is 0. The van der Waals surface area contributed by atoms with Crippen molar-refractivity contribution in [1.29, 1.82) is 0 Å². The third-order valence-corrected chi connectivity index (χ3v) is 7.30. The van der Waals surface area contributed by atoms with Crippen LogP contribution >= 0.6 is 0 Å². The molecular weight excluding hydrogens is 652 g/mol. The lowest BCUT2D eigenvalue weighted by Crippen LogP contribution is -2.54. The number of primary amides is 1. The lowest BCUT2D eigenvalue weighted by molar-refractivity contribution is -0.142. The number of carboxylic acid groups (broad SMARTS) is 2. The maximum Gasteiger partial charge on any atom is 0.326 e. The number of aliphatic carboxylic acids is 2. The molecule has 16 nitrogen and oxygen atoms in total. The molecule has 264 valence electrons. The number of hydrogen-bond acceptors (Lipinski definition) is 8. The van der Waals surface area contributed by atoms with Gasteiger partial charge >= 0.3 is 11.9 Å². The number of carbonyl (C=O) groups is 8. The van der Waals surface area contributed by atoms with Crippen molar-refractivity contribution in [3.63, 3.8) is 0 Å². The first-order chi connectivity index (χ1) is 23.8. The van der Waals surface area contributed by atoms with Gasteiger partial charge in [0.1, 0.15) is 18.1 Å². The largest absolute Gasteiger partial charge is 0.481 e. The highest BCUT2D eigenvalue weighted by Crippen LogP contribution is 2.16. The first kappa shape index (κ1) is 38.1. The molecular formula is C34H38N6O10. The average molecular weight is 691 g/mol. The highest BCUT2D eigenvalue weighted by atomic mass is 16.4. The van der Waals surface area contributed by atoms with E-state index in [9.17, 15) is 48.6 Å². The highest BCUT2D eigenvalue weighted by molar-refractivity contribution is 5.95. The van der Waals surface area contributed by atoms with Crippen LogP contribution in [0.2, 0.25) is 0 Å². The van der Waals surface area contributed by atoms with Gasteiger partial charge in [0.15, 0.2) is 0 Å². The lowest BCUT2D eigenvalue weighted by atomic mass is 10.0. The Labute approximate surface area is 286 Å². The molecule has 0 aliphatic heterocycles. The van der Waals surface area contributed by atoms with Gasteiger partial charge in [-0.1, -0.05) is 72.8 Å². The summed E-state index contributed by atoms with van der Waals surface area (Å²) < 4.78 is 0. The monoisotopic (exact) mass is 690 g/mol. The van der Waals surface area contributed by atoms with Crippen molar-refractivity contribution in [2.75, 3.05) is 13.1 Å². The van der Waals surface area contributed by atoms with E-state index in [2.05, 4.69) is 26.6 Å². The van der Waals surface area contributed by atoms with Gasteiger partial charge < -0.3 is 42.5 Å². The molecule has 0 heterocycles. The van der Waals surface area contributed by atoms with E-state index in [1.54, 1.807) is 36.4 Å². The zero-order chi connectivity index (χ0) is 36.6. The van der Waals surface area contributed by atoms with E-state index in [-0.39, 0.29) is 25.7 Å². The molecule has 3 rings (SSSR count). The number of fused-ring (bicyclic) bond motifs is 1. The van der Waals surface area contributed by atoms with Gasteiger partial charge in [0, 0.05) is 12.8 Å². The van der Waals surface area contributed by atoms with Crippen LogP contribution in [0.4, 0.5) is 0 Å². The van der Waals surface area contributed by atoms with Crippen molar-refractivity contribution in [2.24, 2.45) is 5.73 Å². The Morgan fingerprint density at radius 3 is 1.78 bits per heavy atom. The molecule has 9 N–H and O–H groups in total. The molecule has 0 spiro atoms. The number of benzene rings is 3. The van der Waals surface area contributed by atoms with Crippen LogP contribution in [-0.4, -0.2) is 88.8 Å². The molecule has 3 aromatic rings.